The first kappa shape index (κ1) is 20.3. The summed E-state index contributed by atoms with van der Waals surface area (Å²) in [6, 6.07) is 0.522. The van der Waals surface area contributed by atoms with Crippen LogP contribution in [0.4, 0.5) is 0 Å². The summed E-state index contributed by atoms with van der Waals surface area (Å²) >= 11 is 0. The van der Waals surface area contributed by atoms with Gasteiger partial charge in [-0.1, -0.05) is 13.8 Å². The van der Waals surface area contributed by atoms with Gasteiger partial charge in [-0.25, -0.2) is 0 Å². The Labute approximate surface area is 131 Å². The predicted octanol–water partition coefficient (Wildman–Crippen LogP) is 1.58. The fourth-order valence-electron chi connectivity index (χ4n) is 2.85. The highest BCUT2D eigenvalue weighted by Gasteiger charge is 2.32. The van der Waals surface area contributed by atoms with Crippen LogP contribution in [-0.4, -0.2) is 74.7 Å². The van der Waals surface area contributed by atoms with Gasteiger partial charge in [-0.15, -0.1) is 0 Å². The third-order valence-electron chi connectivity index (χ3n) is 3.98. The van der Waals surface area contributed by atoms with Crippen molar-refractivity contribution in [2.24, 2.45) is 0 Å². The Morgan fingerprint density at radius 2 is 1.95 bits per heavy atom. The molecule has 0 heterocycles. The Morgan fingerprint density at radius 3 is 2.38 bits per heavy atom. The summed E-state index contributed by atoms with van der Waals surface area (Å²) < 4.78 is 4.93. The van der Waals surface area contributed by atoms with Gasteiger partial charge in [0.25, 0.3) is 0 Å². The first-order valence-electron chi connectivity index (χ1n) is 8.02. The number of hydrogen-bond donors (Lipinski definition) is 1. The topological polar surface area (TPSA) is 44.8 Å². The van der Waals surface area contributed by atoms with Crippen LogP contribution in [0.5, 0.6) is 0 Å². The first-order chi connectivity index (χ1) is 9.80. The maximum atomic E-state index is 11.9. The van der Waals surface area contributed by atoms with Crippen molar-refractivity contribution in [3.8, 4) is 0 Å². The molecule has 0 radical (unpaired) electrons. The van der Waals surface area contributed by atoms with Crippen molar-refractivity contribution < 1.29 is 9.53 Å². The third-order valence-corrected chi connectivity index (χ3v) is 3.98. The molecule has 0 aliphatic rings. The number of ether oxygens (including phenoxy) is 1. The molecule has 0 rings (SSSR count). The molecule has 126 valence electrons. The predicted molar refractivity (Wildman–Crippen MR) is 88.6 cm³/mol. The summed E-state index contributed by atoms with van der Waals surface area (Å²) in [7, 11) is 5.66. The summed E-state index contributed by atoms with van der Waals surface area (Å²) in [5, 5.41) is 3.26. The van der Waals surface area contributed by atoms with Crippen LogP contribution in [0.2, 0.25) is 0 Å². The summed E-state index contributed by atoms with van der Waals surface area (Å²) in [5.41, 5.74) is -0.576. The molecule has 0 saturated carbocycles. The molecular weight excluding hydrogens is 266 g/mol. The van der Waals surface area contributed by atoms with E-state index >= 15 is 0 Å². The second-order valence-corrected chi connectivity index (χ2v) is 6.20. The van der Waals surface area contributed by atoms with Crippen LogP contribution in [0, 0.1) is 0 Å². The zero-order valence-electron chi connectivity index (χ0n) is 15.0. The number of carbonyl (C=O) groups is 1. The normalized spacial score (nSPS) is 16.0. The number of nitrogens with one attached hydrogen (secondary N) is 1. The van der Waals surface area contributed by atoms with E-state index in [-0.39, 0.29) is 5.97 Å². The van der Waals surface area contributed by atoms with Crippen LogP contribution >= 0.6 is 0 Å². The van der Waals surface area contributed by atoms with E-state index in [0.29, 0.717) is 6.04 Å². The highest BCUT2D eigenvalue weighted by atomic mass is 16.5. The number of hydrogen-bond acceptors (Lipinski definition) is 5. The molecule has 0 spiro atoms. The maximum Gasteiger partial charge on any atom is 0.325 e. The van der Waals surface area contributed by atoms with E-state index in [0.717, 1.165) is 39.0 Å². The van der Waals surface area contributed by atoms with Gasteiger partial charge < -0.3 is 15.0 Å². The molecule has 5 heteroatoms. The van der Waals surface area contributed by atoms with Gasteiger partial charge in [0.1, 0.15) is 5.54 Å². The zero-order chi connectivity index (χ0) is 16.5. The van der Waals surface area contributed by atoms with Crippen LogP contribution in [0.3, 0.4) is 0 Å². The Hall–Kier alpha value is -0.650. The minimum absolute atomic E-state index is 0.172. The molecule has 0 aromatic rings. The largest absolute Gasteiger partial charge is 0.468 e. The Morgan fingerprint density at radius 1 is 1.33 bits per heavy atom. The van der Waals surface area contributed by atoms with E-state index in [2.05, 4.69) is 43.1 Å². The number of methoxy groups -OCH3 is 1. The highest BCUT2D eigenvalue weighted by Crippen LogP contribution is 2.15. The second kappa shape index (κ2) is 10.1. The number of nitrogens with zero attached hydrogens (tertiary/aromatic N) is 2. The standard InChI is InChI=1S/C16H35N3O2/c1-8-17-16(4,15(20)21-7)11-10-12-19(9-2)14(3)13-18(5)6/h14,17H,8-13H2,1-7H3. The Bertz CT molecular complexity index is 297. The van der Waals surface area contributed by atoms with E-state index in [1.807, 2.05) is 13.8 Å². The SMILES string of the molecule is CCNC(C)(CCCN(CC)C(C)CN(C)C)C(=O)OC. The van der Waals surface area contributed by atoms with Crippen molar-refractivity contribution in [3.63, 3.8) is 0 Å². The molecule has 1 N–H and O–H groups in total. The molecule has 5 nitrogen and oxygen atoms in total. The lowest BCUT2D eigenvalue weighted by molar-refractivity contribution is -0.148. The van der Waals surface area contributed by atoms with Crippen LogP contribution < -0.4 is 5.32 Å². The van der Waals surface area contributed by atoms with Gasteiger partial charge >= 0.3 is 5.97 Å². The van der Waals surface area contributed by atoms with Gasteiger partial charge in [0.05, 0.1) is 7.11 Å². The van der Waals surface area contributed by atoms with Gasteiger partial charge in [0.2, 0.25) is 0 Å². The van der Waals surface area contributed by atoms with Gasteiger partial charge in [-0.05, 0) is 60.4 Å². The molecule has 0 aromatic carbocycles. The van der Waals surface area contributed by atoms with Crippen LogP contribution in [0.25, 0.3) is 0 Å². The van der Waals surface area contributed by atoms with Gasteiger partial charge in [0.15, 0.2) is 0 Å². The minimum Gasteiger partial charge on any atom is -0.468 e. The van der Waals surface area contributed by atoms with Crippen LogP contribution in [-0.2, 0) is 9.53 Å². The van der Waals surface area contributed by atoms with Crippen molar-refractivity contribution in [2.45, 2.75) is 52.1 Å². The van der Waals surface area contributed by atoms with Crippen LogP contribution in [0.1, 0.15) is 40.5 Å². The second-order valence-electron chi connectivity index (χ2n) is 6.20. The van der Waals surface area contributed by atoms with E-state index < -0.39 is 5.54 Å². The molecule has 0 aromatic heterocycles. The molecule has 0 amide bonds. The average molecular weight is 301 g/mol. The summed E-state index contributed by atoms with van der Waals surface area (Å²) in [6.07, 6.45) is 1.77. The third kappa shape index (κ3) is 7.25. The lowest BCUT2D eigenvalue weighted by atomic mass is 9.95. The number of rotatable bonds is 11. The molecule has 0 fully saturated rings. The van der Waals surface area contributed by atoms with E-state index in [1.54, 1.807) is 0 Å². The maximum absolute atomic E-state index is 11.9. The minimum atomic E-state index is -0.576. The van der Waals surface area contributed by atoms with E-state index in [1.165, 1.54) is 7.11 Å². The molecule has 21 heavy (non-hydrogen) atoms. The molecule has 0 aliphatic carbocycles. The van der Waals surface area contributed by atoms with E-state index in [9.17, 15) is 4.79 Å². The highest BCUT2D eigenvalue weighted by molar-refractivity contribution is 5.80. The summed E-state index contributed by atoms with van der Waals surface area (Å²) in [6.45, 7) is 12.2. The fraction of sp³-hybridized carbons (Fsp3) is 0.938. The molecule has 0 bridgehead atoms. The number of carbonyl (C=O) groups excluding carboxylic acids is 1. The Kier molecular flexibility index (Phi) is 9.83. The van der Waals surface area contributed by atoms with Crippen molar-refractivity contribution in [1.82, 2.24) is 15.1 Å². The molecule has 0 aliphatic heterocycles. The average Bonchev–Trinajstić information content (AvgIpc) is 2.42. The first-order valence-corrected chi connectivity index (χ1v) is 8.02. The van der Waals surface area contributed by atoms with Gasteiger partial charge in [-0.2, -0.15) is 0 Å². The lowest BCUT2D eigenvalue weighted by Crippen LogP contribution is -2.50. The smallest absolute Gasteiger partial charge is 0.325 e. The molecular formula is C16H35N3O2. The van der Waals surface area contributed by atoms with Crippen molar-refractivity contribution >= 4 is 5.97 Å². The number of likely N-dealkylation sites (N-methyl/N-ethyl adjacent to an activating group) is 3. The van der Waals surface area contributed by atoms with Gasteiger partial charge in [0, 0.05) is 12.6 Å². The zero-order valence-corrected chi connectivity index (χ0v) is 15.0. The summed E-state index contributed by atoms with van der Waals surface area (Å²) in [5.74, 6) is -0.172. The quantitative estimate of drug-likeness (QED) is 0.587. The van der Waals surface area contributed by atoms with E-state index in [4.69, 9.17) is 4.74 Å². The fourth-order valence-corrected chi connectivity index (χ4v) is 2.85. The number of esters is 1. The van der Waals surface area contributed by atoms with Crippen molar-refractivity contribution in [2.75, 3.05) is 47.4 Å². The Balaban J connectivity index is 4.43. The van der Waals surface area contributed by atoms with Crippen molar-refractivity contribution in [3.05, 3.63) is 0 Å². The van der Waals surface area contributed by atoms with Crippen molar-refractivity contribution in [1.29, 1.82) is 0 Å². The summed E-state index contributed by atoms with van der Waals surface area (Å²) in [4.78, 5) is 16.6. The monoisotopic (exact) mass is 301 g/mol. The molecule has 2 unspecified atom stereocenters. The van der Waals surface area contributed by atoms with Crippen LogP contribution in [0.15, 0.2) is 0 Å². The molecule has 2 atom stereocenters. The lowest BCUT2D eigenvalue weighted by Gasteiger charge is -2.32. The molecule has 0 saturated heterocycles. The van der Waals surface area contributed by atoms with Gasteiger partial charge in [-0.3, -0.25) is 9.69 Å².